The maximum Gasteiger partial charge on any atom is 0.332 e. The Labute approximate surface area is 100 Å². The van der Waals surface area contributed by atoms with E-state index in [-0.39, 0.29) is 18.7 Å². The third-order valence-corrected chi connectivity index (χ3v) is 2.17. The number of rotatable bonds is 5. The highest BCUT2D eigenvalue weighted by Crippen LogP contribution is 2.15. The first kappa shape index (κ1) is 13.0. The van der Waals surface area contributed by atoms with Crippen molar-refractivity contribution in [3.8, 4) is 0 Å². The Kier molecular flexibility index (Phi) is 5.29. The Balaban J connectivity index is 2.31. The molecule has 0 N–H and O–H groups in total. The van der Waals surface area contributed by atoms with Crippen molar-refractivity contribution in [3.63, 3.8) is 0 Å². The molecule has 0 radical (unpaired) electrons. The number of halogens is 1. The SMILES string of the molecule is CC(C)OC(=O)COCc1ccccc1Cl. The van der Waals surface area contributed by atoms with E-state index < -0.39 is 0 Å². The molecule has 0 aliphatic heterocycles. The summed E-state index contributed by atoms with van der Waals surface area (Å²) in [6.45, 7) is 3.86. The molecule has 1 aromatic rings. The zero-order valence-electron chi connectivity index (χ0n) is 9.40. The van der Waals surface area contributed by atoms with Crippen LogP contribution < -0.4 is 0 Å². The molecule has 1 aromatic carbocycles. The minimum Gasteiger partial charge on any atom is -0.461 e. The molecule has 0 saturated heterocycles. The first-order valence-electron chi connectivity index (χ1n) is 5.10. The van der Waals surface area contributed by atoms with Crippen molar-refractivity contribution in [1.82, 2.24) is 0 Å². The molecule has 0 heterocycles. The molecule has 16 heavy (non-hydrogen) atoms. The van der Waals surface area contributed by atoms with Crippen molar-refractivity contribution in [2.75, 3.05) is 6.61 Å². The van der Waals surface area contributed by atoms with Gasteiger partial charge < -0.3 is 9.47 Å². The first-order chi connectivity index (χ1) is 7.59. The van der Waals surface area contributed by atoms with Gasteiger partial charge in [-0.3, -0.25) is 0 Å². The fourth-order valence-corrected chi connectivity index (χ4v) is 1.35. The van der Waals surface area contributed by atoms with E-state index in [1.54, 1.807) is 19.9 Å². The van der Waals surface area contributed by atoms with Crippen molar-refractivity contribution in [1.29, 1.82) is 0 Å². The average Bonchev–Trinajstić information content (AvgIpc) is 2.19. The summed E-state index contributed by atoms with van der Waals surface area (Å²) in [6.07, 6.45) is -0.114. The molecule has 1 rings (SSSR count). The van der Waals surface area contributed by atoms with Crippen LogP contribution in [0.2, 0.25) is 5.02 Å². The Hall–Kier alpha value is -1.06. The van der Waals surface area contributed by atoms with Crippen LogP contribution in [0.4, 0.5) is 0 Å². The van der Waals surface area contributed by atoms with E-state index >= 15 is 0 Å². The minimum absolute atomic E-state index is 0.0522. The lowest BCUT2D eigenvalue weighted by atomic mass is 10.2. The summed E-state index contributed by atoms with van der Waals surface area (Å²) in [7, 11) is 0. The van der Waals surface area contributed by atoms with Gasteiger partial charge in [-0.15, -0.1) is 0 Å². The third kappa shape index (κ3) is 4.64. The van der Waals surface area contributed by atoms with Gasteiger partial charge in [-0.05, 0) is 25.5 Å². The largest absolute Gasteiger partial charge is 0.461 e. The van der Waals surface area contributed by atoms with Gasteiger partial charge in [-0.2, -0.15) is 0 Å². The molecular weight excluding hydrogens is 228 g/mol. The van der Waals surface area contributed by atoms with Crippen molar-refractivity contribution >= 4 is 17.6 Å². The summed E-state index contributed by atoms with van der Waals surface area (Å²) in [6, 6.07) is 7.36. The lowest BCUT2D eigenvalue weighted by molar-refractivity contribution is -0.153. The topological polar surface area (TPSA) is 35.5 Å². The number of carbonyl (C=O) groups excluding carboxylic acids is 1. The predicted octanol–water partition coefficient (Wildman–Crippen LogP) is 2.81. The predicted molar refractivity (Wildman–Crippen MR) is 62.3 cm³/mol. The summed E-state index contributed by atoms with van der Waals surface area (Å²) < 4.78 is 10.1. The number of carbonyl (C=O) groups is 1. The van der Waals surface area contributed by atoms with Crippen LogP contribution >= 0.6 is 11.6 Å². The molecule has 0 spiro atoms. The third-order valence-electron chi connectivity index (χ3n) is 1.80. The van der Waals surface area contributed by atoms with Gasteiger partial charge in [0.2, 0.25) is 0 Å². The van der Waals surface area contributed by atoms with Crippen molar-refractivity contribution < 1.29 is 14.3 Å². The molecule has 0 bridgehead atoms. The van der Waals surface area contributed by atoms with Gasteiger partial charge in [-0.1, -0.05) is 29.8 Å². The average molecular weight is 243 g/mol. The maximum atomic E-state index is 11.1. The van der Waals surface area contributed by atoms with Crippen molar-refractivity contribution in [3.05, 3.63) is 34.9 Å². The summed E-state index contributed by atoms with van der Waals surface area (Å²) in [5.74, 6) is -0.359. The highest BCUT2D eigenvalue weighted by Gasteiger charge is 2.06. The van der Waals surface area contributed by atoms with Gasteiger partial charge in [0.05, 0.1) is 12.7 Å². The smallest absolute Gasteiger partial charge is 0.332 e. The van der Waals surface area contributed by atoms with Gasteiger partial charge in [0.1, 0.15) is 6.61 Å². The number of benzene rings is 1. The maximum absolute atomic E-state index is 11.1. The van der Waals surface area contributed by atoms with E-state index in [9.17, 15) is 4.79 Å². The van der Waals surface area contributed by atoms with Gasteiger partial charge >= 0.3 is 5.97 Å². The minimum atomic E-state index is -0.359. The second kappa shape index (κ2) is 6.51. The number of esters is 1. The molecule has 0 atom stereocenters. The molecule has 0 amide bonds. The molecule has 0 aromatic heterocycles. The Bertz CT molecular complexity index is 350. The van der Waals surface area contributed by atoms with Crippen LogP contribution in [0.5, 0.6) is 0 Å². The lowest BCUT2D eigenvalue weighted by Gasteiger charge is -2.08. The van der Waals surface area contributed by atoms with E-state index in [0.717, 1.165) is 5.56 Å². The molecular formula is C12H15ClO3. The van der Waals surface area contributed by atoms with E-state index in [1.807, 2.05) is 18.2 Å². The summed E-state index contributed by atoms with van der Waals surface area (Å²) in [4.78, 5) is 11.1. The normalized spacial score (nSPS) is 10.5. The second-order valence-corrected chi connectivity index (χ2v) is 4.03. The van der Waals surface area contributed by atoms with Crippen LogP contribution in [-0.4, -0.2) is 18.7 Å². The Morgan fingerprint density at radius 2 is 2.06 bits per heavy atom. The first-order valence-corrected chi connectivity index (χ1v) is 5.48. The van der Waals surface area contributed by atoms with Crippen LogP contribution in [0.3, 0.4) is 0 Å². The highest BCUT2D eigenvalue weighted by atomic mass is 35.5. The molecule has 0 aliphatic carbocycles. The lowest BCUT2D eigenvalue weighted by Crippen LogP contribution is -2.16. The number of hydrogen-bond donors (Lipinski definition) is 0. The quantitative estimate of drug-likeness (QED) is 0.745. The highest BCUT2D eigenvalue weighted by molar-refractivity contribution is 6.31. The van der Waals surface area contributed by atoms with E-state index in [1.165, 1.54) is 0 Å². The summed E-state index contributed by atoms with van der Waals surface area (Å²) >= 11 is 5.93. The van der Waals surface area contributed by atoms with Gasteiger partial charge in [-0.25, -0.2) is 4.79 Å². The fraction of sp³-hybridized carbons (Fsp3) is 0.417. The standard InChI is InChI=1S/C12H15ClO3/c1-9(2)16-12(14)8-15-7-10-5-3-4-6-11(10)13/h3-6,9H,7-8H2,1-2H3. The summed E-state index contributed by atoms with van der Waals surface area (Å²) in [5, 5.41) is 0.639. The zero-order valence-corrected chi connectivity index (χ0v) is 10.2. The Morgan fingerprint density at radius 1 is 1.38 bits per heavy atom. The molecule has 4 heteroatoms. The molecule has 0 saturated carbocycles. The molecule has 0 fully saturated rings. The van der Waals surface area contributed by atoms with Crippen LogP contribution in [0.1, 0.15) is 19.4 Å². The van der Waals surface area contributed by atoms with Gasteiger partial charge in [0, 0.05) is 5.02 Å². The number of hydrogen-bond acceptors (Lipinski definition) is 3. The van der Waals surface area contributed by atoms with Crippen LogP contribution in [-0.2, 0) is 20.9 Å². The zero-order chi connectivity index (χ0) is 12.0. The van der Waals surface area contributed by atoms with Gasteiger partial charge in [0.15, 0.2) is 0 Å². The molecule has 0 aliphatic rings. The van der Waals surface area contributed by atoms with Crippen LogP contribution in [0.15, 0.2) is 24.3 Å². The van der Waals surface area contributed by atoms with Gasteiger partial charge in [0.25, 0.3) is 0 Å². The van der Waals surface area contributed by atoms with E-state index in [4.69, 9.17) is 21.1 Å². The molecule has 88 valence electrons. The van der Waals surface area contributed by atoms with Crippen LogP contribution in [0, 0.1) is 0 Å². The van der Waals surface area contributed by atoms with Crippen molar-refractivity contribution in [2.24, 2.45) is 0 Å². The van der Waals surface area contributed by atoms with E-state index in [2.05, 4.69) is 0 Å². The fourth-order valence-electron chi connectivity index (χ4n) is 1.16. The van der Waals surface area contributed by atoms with Crippen molar-refractivity contribution in [2.45, 2.75) is 26.6 Å². The number of ether oxygens (including phenoxy) is 2. The second-order valence-electron chi connectivity index (χ2n) is 3.62. The van der Waals surface area contributed by atoms with E-state index in [0.29, 0.717) is 11.6 Å². The molecule has 3 nitrogen and oxygen atoms in total. The summed E-state index contributed by atoms with van der Waals surface area (Å²) in [5.41, 5.74) is 0.863. The molecule has 0 unspecified atom stereocenters. The van der Waals surface area contributed by atoms with Crippen LogP contribution in [0.25, 0.3) is 0 Å². The monoisotopic (exact) mass is 242 g/mol. The Morgan fingerprint density at radius 3 is 2.69 bits per heavy atom.